The van der Waals surface area contributed by atoms with Gasteiger partial charge >= 0.3 is 13.5 Å². The van der Waals surface area contributed by atoms with Crippen molar-refractivity contribution in [2.75, 3.05) is 27.4 Å². The number of nitrogens with zero attached hydrogens (tertiary/aromatic N) is 1. The molecule has 1 aliphatic heterocycles. The second-order valence-corrected chi connectivity index (χ2v) is 4.48. The Hall–Kier alpha value is -2.02. The number of benzene rings is 1. The first kappa shape index (κ1) is 15.4. The van der Waals surface area contributed by atoms with E-state index in [4.69, 9.17) is 19.0 Å². The normalized spacial score (nSPS) is 14.1. The van der Waals surface area contributed by atoms with Gasteiger partial charge in [-0.25, -0.2) is 4.79 Å². The van der Waals surface area contributed by atoms with E-state index in [0.29, 0.717) is 19.6 Å². The van der Waals surface area contributed by atoms with Gasteiger partial charge in [-0.3, -0.25) is 0 Å². The summed E-state index contributed by atoms with van der Waals surface area (Å²) in [5, 5.41) is 0. The summed E-state index contributed by atoms with van der Waals surface area (Å²) in [4.78, 5) is 11.8. The molecule has 0 amide bonds. The highest BCUT2D eigenvalue weighted by Gasteiger charge is 2.37. The molecule has 0 spiro atoms. The average molecular weight is 291 g/mol. The molecule has 1 aromatic carbocycles. The van der Waals surface area contributed by atoms with E-state index >= 15 is 0 Å². The molecule has 21 heavy (non-hydrogen) atoms. The number of carbonyl (C=O) groups is 1. The molecule has 7 heteroatoms. The van der Waals surface area contributed by atoms with Crippen LogP contribution in [0, 0.1) is 0 Å². The van der Waals surface area contributed by atoms with Crippen LogP contribution in [0.1, 0.15) is 5.56 Å². The van der Waals surface area contributed by atoms with Gasteiger partial charge in [0.15, 0.2) is 0 Å². The summed E-state index contributed by atoms with van der Waals surface area (Å²) in [6.07, 6.45) is 2.19. The fraction of sp³-hybridized carbons (Fsp3) is 0.429. The molecule has 111 valence electrons. The molecule has 1 heterocycles. The monoisotopic (exact) mass is 291 g/mol. The first-order chi connectivity index (χ1) is 10.2. The summed E-state index contributed by atoms with van der Waals surface area (Å²) >= 11 is 0. The van der Waals surface area contributed by atoms with Crippen molar-refractivity contribution in [2.24, 2.45) is 0 Å². The van der Waals surface area contributed by atoms with E-state index in [9.17, 15) is 4.79 Å². The van der Waals surface area contributed by atoms with E-state index in [2.05, 4.69) is 0 Å². The summed E-state index contributed by atoms with van der Waals surface area (Å²) in [5.74, 6) is 0.435. The molecule has 6 nitrogen and oxygen atoms in total. The van der Waals surface area contributed by atoms with E-state index in [1.54, 1.807) is 13.2 Å². The van der Waals surface area contributed by atoms with Gasteiger partial charge in [0, 0.05) is 7.11 Å². The van der Waals surface area contributed by atoms with E-state index in [0.717, 1.165) is 11.3 Å². The van der Waals surface area contributed by atoms with Gasteiger partial charge in [0.05, 0.1) is 20.1 Å². The number of hydrogen-bond donors (Lipinski definition) is 0. The Bertz CT molecular complexity index is 503. The Labute approximate surface area is 124 Å². The molecule has 0 saturated carbocycles. The molecule has 0 bridgehead atoms. The van der Waals surface area contributed by atoms with Gasteiger partial charge in [-0.15, -0.1) is 0 Å². The Morgan fingerprint density at radius 3 is 2.52 bits per heavy atom. The van der Waals surface area contributed by atoms with Crippen LogP contribution < -0.4 is 4.74 Å². The zero-order chi connectivity index (χ0) is 15.1. The van der Waals surface area contributed by atoms with Crippen molar-refractivity contribution in [3.05, 3.63) is 29.8 Å². The Balaban J connectivity index is 1.95. The highest BCUT2D eigenvalue weighted by atomic mass is 16.6. The lowest BCUT2D eigenvalue weighted by Gasteiger charge is -2.16. The van der Waals surface area contributed by atoms with E-state index in [1.807, 2.05) is 24.3 Å². The number of carbonyl (C=O) groups excluding carboxylic acids is 1. The van der Waals surface area contributed by atoms with E-state index < -0.39 is 6.04 Å². The maximum absolute atomic E-state index is 11.8. The van der Waals surface area contributed by atoms with Crippen molar-refractivity contribution < 1.29 is 28.5 Å². The van der Waals surface area contributed by atoms with Crippen LogP contribution in [-0.2, 0) is 25.4 Å². The molecule has 0 N–H and O–H groups in total. The van der Waals surface area contributed by atoms with Gasteiger partial charge in [-0.1, -0.05) is 12.1 Å². The number of hydrogen-bond acceptors (Lipinski definition) is 5. The maximum atomic E-state index is 11.8. The number of rotatable bonds is 8. The van der Waals surface area contributed by atoms with Crippen LogP contribution in [0.15, 0.2) is 24.3 Å². The predicted molar refractivity (Wildman–Crippen MR) is 76.5 cm³/mol. The van der Waals surface area contributed by atoms with Crippen molar-refractivity contribution in [1.82, 2.24) is 0 Å². The lowest BCUT2D eigenvalue weighted by Crippen LogP contribution is -2.45. The molecule has 1 aliphatic rings. The van der Waals surface area contributed by atoms with Crippen LogP contribution >= 0.6 is 0 Å². The van der Waals surface area contributed by atoms with Crippen molar-refractivity contribution in [3.8, 4) is 5.75 Å². The Kier molecular flexibility index (Phi) is 5.63. The first-order valence-electron chi connectivity index (χ1n) is 6.65. The Morgan fingerprint density at radius 1 is 1.29 bits per heavy atom. The number of esters is 1. The summed E-state index contributed by atoms with van der Waals surface area (Å²) in [5.41, 5.74) is 0.994. The van der Waals surface area contributed by atoms with Gasteiger partial charge in [0.25, 0.3) is 6.04 Å². The van der Waals surface area contributed by atoms with Crippen LogP contribution in [0.2, 0.25) is 0 Å². The third-order valence-electron chi connectivity index (χ3n) is 3.08. The number of methoxy groups -OCH3 is 2. The fourth-order valence-corrected chi connectivity index (χ4v) is 1.91. The molecule has 1 radical (unpaired) electrons. The topological polar surface area (TPSA) is 57.0 Å². The van der Waals surface area contributed by atoms with Crippen LogP contribution in [0.3, 0.4) is 0 Å². The van der Waals surface area contributed by atoms with Crippen molar-refractivity contribution >= 4 is 19.6 Å². The van der Waals surface area contributed by atoms with Gasteiger partial charge < -0.3 is 19.0 Å². The van der Waals surface area contributed by atoms with Gasteiger partial charge in [0.1, 0.15) is 12.4 Å². The molecule has 0 aromatic heterocycles. The molecule has 1 aromatic rings. The highest BCUT2D eigenvalue weighted by Crippen LogP contribution is 2.15. The number of hydroxylamine groups is 1. The average Bonchev–Trinajstić information content (AvgIpc) is 2.46. The van der Waals surface area contributed by atoms with Gasteiger partial charge in [-0.2, -0.15) is 0 Å². The largest absolute Gasteiger partial charge is 0.585 e. The lowest BCUT2D eigenvalue weighted by molar-refractivity contribution is -0.776. The van der Waals surface area contributed by atoms with Gasteiger partial charge in [-0.05, 0) is 22.4 Å². The van der Waals surface area contributed by atoms with E-state index in [1.165, 1.54) is 19.3 Å². The predicted octanol–water partition coefficient (Wildman–Crippen LogP) is 0.401. The van der Waals surface area contributed by atoms with Crippen LogP contribution in [0.4, 0.5) is 0 Å². The first-order valence-corrected chi connectivity index (χ1v) is 6.65. The minimum atomic E-state index is -0.486. The van der Waals surface area contributed by atoms with Crippen molar-refractivity contribution in [1.29, 1.82) is 0 Å². The van der Waals surface area contributed by atoms with Crippen molar-refractivity contribution in [3.63, 3.8) is 0 Å². The number of ether oxygens (including phenoxy) is 3. The minimum absolute atomic E-state index is 0.334. The van der Waals surface area contributed by atoms with Crippen LogP contribution in [0.5, 0.6) is 5.75 Å². The summed E-state index contributed by atoms with van der Waals surface area (Å²) in [6.45, 7) is 1.05. The van der Waals surface area contributed by atoms with Crippen molar-refractivity contribution in [2.45, 2.75) is 12.5 Å². The quantitative estimate of drug-likeness (QED) is 0.300. The van der Waals surface area contributed by atoms with Crippen LogP contribution in [0.25, 0.3) is 0 Å². The van der Waals surface area contributed by atoms with Gasteiger partial charge in [0.2, 0.25) is 6.11 Å². The van der Waals surface area contributed by atoms with Crippen LogP contribution in [-0.4, -0.2) is 57.8 Å². The SMILES string of the molecule is COCCOc1ccc(CC(C(=O)OC)[N+]2=C[B]O2)cc1. The maximum Gasteiger partial charge on any atom is 0.585 e. The third kappa shape index (κ3) is 4.22. The summed E-state index contributed by atoms with van der Waals surface area (Å²) in [6, 6.07) is 7.08. The Morgan fingerprint density at radius 2 is 2.00 bits per heavy atom. The van der Waals surface area contributed by atoms with E-state index in [-0.39, 0.29) is 5.97 Å². The summed E-state index contributed by atoms with van der Waals surface area (Å²) in [7, 11) is 4.51. The molecule has 1 atom stereocenters. The molecule has 0 fully saturated rings. The highest BCUT2D eigenvalue weighted by molar-refractivity contribution is 6.62. The molecule has 0 aliphatic carbocycles. The zero-order valence-electron chi connectivity index (χ0n) is 12.2. The molecule has 0 saturated heterocycles. The zero-order valence-corrected chi connectivity index (χ0v) is 12.2. The molecular weight excluding hydrogens is 273 g/mol. The fourth-order valence-electron chi connectivity index (χ4n) is 1.91. The second kappa shape index (κ2) is 7.68. The smallest absolute Gasteiger partial charge is 0.491 e. The molecule has 1 unspecified atom stereocenters. The standard InChI is InChI=1S/C14H18BNO5/c1-18-7-8-20-12-5-3-11(4-6-12)9-13(14(17)19-2)16-10-15-21-16/h3-6,10,13H,7-9H2,1-2H3/q+1. The molecular formula is C14H18BNO5+. The minimum Gasteiger partial charge on any atom is -0.491 e. The lowest BCUT2D eigenvalue weighted by atomic mass is 10.00. The second-order valence-electron chi connectivity index (χ2n) is 4.48. The third-order valence-corrected chi connectivity index (χ3v) is 3.08. The summed E-state index contributed by atoms with van der Waals surface area (Å²) < 4.78 is 21.8. The molecule has 2 rings (SSSR count).